The molecule has 0 atom stereocenters. The molecule has 0 aromatic heterocycles. The van der Waals surface area contributed by atoms with E-state index in [1.54, 1.807) is 0 Å². The van der Waals surface area contributed by atoms with Crippen molar-refractivity contribution in [2.75, 3.05) is 7.11 Å². The molecule has 3 nitrogen and oxygen atoms in total. The molecule has 1 aliphatic rings. The molecular weight excluding hydrogens is 370 g/mol. The maximum absolute atomic E-state index is 13.2. The molecule has 15 heteroatoms. The third kappa shape index (κ3) is 2.68. The first-order chi connectivity index (χ1) is 9.96. The van der Waals surface area contributed by atoms with Crippen LogP contribution in [0.25, 0.3) is 0 Å². The second kappa shape index (κ2) is 5.06. The van der Waals surface area contributed by atoms with Crippen LogP contribution >= 0.6 is 0 Å². The van der Waals surface area contributed by atoms with Gasteiger partial charge in [-0.05, 0) is 0 Å². The first-order valence-electron chi connectivity index (χ1n) is 4.96. The smallest absolute Gasteiger partial charge is 0.318 e. The van der Waals surface area contributed by atoms with Crippen molar-refractivity contribution in [2.45, 2.75) is 30.4 Å². The zero-order valence-electron chi connectivity index (χ0n) is 10.3. The number of hydrogen-bond acceptors (Lipinski definition) is 3. The van der Waals surface area contributed by atoms with Gasteiger partial charge in [0.15, 0.2) is 0 Å². The molecule has 0 aromatic rings. The van der Waals surface area contributed by atoms with Gasteiger partial charge >= 0.3 is 30.4 Å². The van der Waals surface area contributed by atoms with E-state index < -0.39 is 47.1 Å². The summed E-state index contributed by atoms with van der Waals surface area (Å²) in [6.45, 7) is 0. The third-order valence-electron chi connectivity index (χ3n) is 2.41. The lowest BCUT2D eigenvalue weighted by molar-refractivity contribution is -0.559. The van der Waals surface area contributed by atoms with Crippen LogP contribution in [0, 0.1) is 0 Å². The van der Waals surface area contributed by atoms with Crippen LogP contribution in [-0.4, -0.2) is 42.4 Å². The minimum atomic E-state index is -6.66. The molecule has 0 bridgehead atoms. The summed E-state index contributed by atoms with van der Waals surface area (Å²) >= 11 is 0. The van der Waals surface area contributed by atoms with Crippen LogP contribution in [0.15, 0.2) is 11.8 Å². The number of nitrogens with zero attached hydrogens (tertiary/aromatic N) is 1. The number of morpholine rings is 1. The van der Waals surface area contributed by atoms with Crippen LogP contribution in [0.1, 0.15) is 0 Å². The molecule has 1 heterocycles. The highest BCUT2D eigenvalue weighted by atomic mass is 19.4. The number of alkyl halides is 10. The van der Waals surface area contributed by atoms with Crippen molar-refractivity contribution in [3.8, 4) is 0 Å². The van der Waals surface area contributed by atoms with E-state index in [1.807, 2.05) is 4.74 Å². The molecule has 0 unspecified atom stereocenters. The van der Waals surface area contributed by atoms with Crippen LogP contribution in [0.2, 0.25) is 0 Å². The lowest BCUT2D eigenvalue weighted by Crippen LogP contribution is -2.73. The van der Waals surface area contributed by atoms with Crippen molar-refractivity contribution in [3.05, 3.63) is 11.8 Å². The fourth-order valence-corrected chi connectivity index (χ4v) is 1.27. The first kappa shape index (κ1) is 19.7. The molecule has 1 fully saturated rings. The van der Waals surface area contributed by atoms with Gasteiger partial charge in [-0.1, -0.05) is 0 Å². The Morgan fingerprint density at radius 1 is 0.870 bits per heavy atom. The van der Waals surface area contributed by atoms with Crippen molar-refractivity contribution in [1.82, 2.24) is 4.90 Å². The summed E-state index contributed by atoms with van der Waals surface area (Å²) in [5.41, 5.74) is 0. The molecule has 1 saturated heterocycles. The van der Waals surface area contributed by atoms with Crippen LogP contribution < -0.4 is 0 Å². The number of rotatable bonds is 3. The van der Waals surface area contributed by atoms with Gasteiger partial charge < -0.3 is 4.74 Å². The standard InChI is InChI=1S/C8H3F12NO2/c1-22-4(11,12)2(9)3(10)21-5(13,14)7(17,18)23-8(19,20)6(21,15)16/h1H3. The maximum Gasteiger partial charge on any atom is 0.445 e. The average Bonchev–Trinajstić information content (AvgIpc) is 2.34. The summed E-state index contributed by atoms with van der Waals surface area (Å²) in [6.07, 6.45) is -18.5. The van der Waals surface area contributed by atoms with E-state index in [0.717, 1.165) is 0 Å². The highest BCUT2D eigenvalue weighted by Gasteiger charge is 2.84. The van der Waals surface area contributed by atoms with Crippen LogP contribution in [0.3, 0.4) is 0 Å². The lowest BCUT2D eigenvalue weighted by atomic mass is 10.2. The molecule has 1 rings (SSSR count). The van der Waals surface area contributed by atoms with Crippen LogP contribution in [-0.2, 0) is 9.47 Å². The number of methoxy groups -OCH3 is 1. The Morgan fingerprint density at radius 2 is 1.22 bits per heavy atom. The summed E-state index contributed by atoms with van der Waals surface area (Å²) < 4.78 is 160. The van der Waals surface area contributed by atoms with E-state index in [-0.39, 0.29) is 7.11 Å². The van der Waals surface area contributed by atoms with Crippen LogP contribution in [0.4, 0.5) is 52.7 Å². The van der Waals surface area contributed by atoms with Gasteiger partial charge in [0.25, 0.3) is 5.83 Å². The molecule has 0 amide bonds. The lowest BCUT2D eigenvalue weighted by Gasteiger charge is -2.47. The van der Waals surface area contributed by atoms with E-state index in [2.05, 4.69) is 4.74 Å². The Morgan fingerprint density at radius 3 is 1.52 bits per heavy atom. The van der Waals surface area contributed by atoms with E-state index in [9.17, 15) is 52.7 Å². The van der Waals surface area contributed by atoms with Gasteiger partial charge in [-0.3, -0.25) is 0 Å². The van der Waals surface area contributed by atoms with Crippen molar-refractivity contribution >= 4 is 0 Å². The van der Waals surface area contributed by atoms with E-state index >= 15 is 0 Å². The molecule has 136 valence electrons. The van der Waals surface area contributed by atoms with Crippen molar-refractivity contribution in [2.24, 2.45) is 0 Å². The Hall–Kier alpha value is -1.38. The zero-order chi connectivity index (χ0) is 18.6. The molecule has 0 aliphatic carbocycles. The van der Waals surface area contributed by atoms with Gasteiger partial charge in [0.2, 0.25) is 5.95 Å². The van der Waals surface area contributed by atoms with Gasteiger partial charge in [-0.25, -0.2) is 9.64 Å². The Balaban J connectivity index is 3.65. The average molecular weight is 373 g/mol. The summed E-state index contributed by atoms with van der Waals surface area (Å²) in [4.78, 5) is -3.13. The predicted molar refractivity (Wildman–Crippen MR) is 43.9 cm³/mol. The van der Waals surface area contributed by atoms with Crippen molar-refractivity contribution in [1.29, 1.82) is 0 Å². The quantitative estimate of drug-likeness (QED) is 0.551. The normalized spacial score (nSPS) is 26.7. The van der Waals surface area contributed by atoms with Crippen molar-refractivity contribution in [3.63, 3.8) is 0 Å². The topological polar surface area (TPSA) is 21.7 Å². The molecule has 0 N–H and O–H groups in total. The molecule has 0 saturated carbocycles. The van der Waals surface area contributed by atoms with E-state index in [4.69, 9.17) is 0 Å². The Kier molecular flexibility index (Phi) is 4.32. The number of ether oxygens (including phenoxy) is 2. The minimum Gasteiger partial charge on any atom is -0.318 e. The van der Waals surface area contributed by atoms with Gasteiger partial charge in [0.1, 0.15) is 0 Å². The zero-order valence-corrected chi connectivity index (χ0v) is 10.3. The van der Waals surface area contributed by atoms with E-state index in [1.165, 1.54) is 0 Å². The highest BCUT2D eigenvalue weighted by Crippen LogP contribution is 2.57. The Labute approximate surface area is 118 Å². The maximum atomic E-state index is 13.2. The summed E-state index contributed by atoms with van der Waals surface area (Å²) in [6, 6.07) is -13.3. The Bertz CT molecular complexity index is 489. The number of hydrogen-bond donors (Lipinski definition) is 0. The van der Waals surface area contributed by atoms with Gasteiger partial charge in [0.05, 0.1) is 0 Å². The monoisotopic (exact) mass is 373 g/mol. The minimum absolute atomic E-state index is 0.0499. The SMILES string of the molecule is COC(F)(F)C(F)=C(F)N1C(F)(F)C(F)(F)OC(F)(F)C1(F)F. The van der Waals surface area contributed by atoms with Gasteiger partial charge in [-0.2, -0.15) is 52.7 Å². The fraction of sp³-hybridized carbons (Fsp3) is 0.750. The second-order valence-electron chi connectivity index (χ2n) is 3.88. The largest absolute Gasteiger partial charge is 0.445 e. The second-order valence-corrected chi connectivity index (χ2v) is 3.88. The van der Waals surface area contributed by atoms with Crippen molar-refractivity contribution < 1.29 is 62.2 Å². The highest BCUT2D eigenvalue weighted by molar-refractivity contribution is 5.12. The molecule has 1 aliphatic heterocycles. The molecule has 23 heavy (non-hydrogen) atoms. The molecule has 0 radical (unpaired) electrons. The fourth-order valence-electron chi connectivity index (χ4n) is 1.27. The first-order valence-corrected chi connectivity index (χ1v) is 4.96. The van der Waals surface area contributed by atoms with Gasteiger partial charge in [-0.15, -0.1) is 0 Å². The third-order valence-corrected chi connectivity index (χ3v) is 2.41. The summed E-state index contributed by atoms with van der Waals surface area (Å²) in [5, 5.41) is 0. The van der Waals surface area contributed by atoms with E-state index in [0.29, 0.717) is 0 Å². The predicted octanol–water partition coefficient (Wildman–Crippen LogP) is 4.04. The molecule has 0 aromatic carbocycles. The molecule has 0 spiro atoms. The van der Waals surface area contributed by atoms with Crippen LogP contribution in [0.5, 0.6) is 0 Å². The summed E-state index contributed by atoms with van der Waals surface area (Å²) in [5.74, 6) is -7.97. The summed E-state index contributed by atoms with van der Waals surface area (Å²) in [7, 11) is -0.0499. The molecular formula is C8H3F12NO2. The van der Waals surface area contributed by atoms with Gasteiger partial charge in [0, 0.05) is 7.11 Å². The number of halogens is 12.